The molecule has 0 saturated carbocycles. The van der Waals surface area contributed by atoms with Crippen LogP contribution >= 0.6 is 11.8 Å². The van der Waals surface area contributed by atoms with Crippen molar-refractivity contribution in [1.82, 2.24) is 0 Å². The maximum atomic E-state index is 11.3. The lowest BCUT2D eigenvalue weighted by Crippen LogP contribution is -2.13. The van der Waals surface area contributed by atoms with E-state index in [2.05, 4.69) is 13.8 Å². The third kappa shape index (κ3) is 3.80. The molecular weight excluding hydrogens is 234 g/mol. The zero-order chi connectivity index (χ0) is 12.8. The highest BCUT2D eigenvalue weighted by molar-refractivity contribution is 7.98. The van der Waals surface area contributed by atoms with Gasteiger partial charge in [-0.15, -0.1) is 0 Å². The highest BCUT2D eigenvalue weighted by atomic mass is 32.2. The molecule has 1 unspecified atom stereocenters. The molecule has 1 rings (SSSR count). The molecule has 0 saturated heterocycles. The van der Waals surface area contributed by atoms with Crippen molar-refractivity contribution >= 4 is 17.7 Å². The number of primary amides is 1. The van der Waals surface area contributed by atoms with Crippen LogP contribution in [0.3, 0.4) is 0 Å². The number of rotatable bonds is 7. The Balaban J connectivity index is 2.79. The van der Waals surface area contributed by atoms with Crippen molar-refractivity contribution < 1.29 is 9.21 Å². The topological polar surface area (TPSA) is 56.2 Å². The van der Waals surface area contributed by atoms with Crippen LogP contribution in [0.5, 0.6) is 0 Å². The monoisotopic (exact) mass is 255 g/mol. The average Bonchev–Trinajstić information content (AvgIpc) is 2.73. The highest BCUT2D eigenvalue weighted by Crippen LogP contribution is 2.31. The van der Waals surface area contributed by atoms with E-state index >= 15 is 0 Å². The van der Waals surface area contributed by atoms with Gasteiger partial charge in [0, 0.05) is 5.56 Å². The molecule has 17 heavy (non-hydrogen) atoms. The van der Waals surface area contributed by atoms with Gasteiger partial charge in [0.15, 0.2) is 10.9 Å². The summed E-state index contributed by atoms with van der Waals surface area (Å²) in [5.41, 5.74) is 6.29. The molecule has 1 aromatic rings. The van der Waals surface area contributed by atoms with Crippen molar-refractivity contribution in [3.8, 4) is 0 Å². The van der Waals surface area contributed by atoms with Gasteiger partial charge in [-0.2, -0.15) is 0 Å². The number of hydrogen-bond donors (Lipinski definition) is 1. The third-order valence-corrected chi connectivity index (χ3v) is 3.54. The number of unbranched alkanes of at least 4 members (excludes halogenated alkanes) is 2. The maximum Gasteiger partial charge on any atom is 0.284 e. The van der Waals surface area contributed by atoms with Gasteiger partial charge in [0.2, 0.25) is 0 Å². The number of nitrogens with two attached hydrogens (primary N) is 1. The first-order valence-corrected chi connectivity index (χ1v) is 7.30. The van der Waals surface area contributed by atoms with E-state index in [0.717, 1.165) is 17.1 Å². The highest BCUT2D eigenvalue weighted by Gasteiger charge is 2.20. The molecule has 0 bridgehead atoms. The lowest BCUT2D eigenvalue weighted by atomic mass is 9.95. The summed E-state index contributed by atoms with van der Waals surface area (Å²) in [7, 11) is 0. The number of carbonyl (C=O) groups is 1. The minimum Gasteiger partial charge on any atom is -0.444 e. The third-order valence-electron chi connectivity index (χ3n) is 2.93. The minimum atomic E-state index is -0.470. The summed E-state index contributed by atoms with van der Waals surface area (Å²) in [5, 5.41) is 0.760. The fourth-order valence-corrected chi connectivity index (χ4v) is 2.31. The van der Waals surface area contributed by atoms with Gasteiger partial charge >= 0.3 is 0 Å². The van der Waals surface area contributed by atoms with E-state index in [9.17, 15) is 4.79 Å². The SMILES string of the molecule is CCCCCC(C)c1cc(SC)oc1C(N)=O. The molecule has 0 radical (unpaired) electrons. The van der Waals surface area contributed by atoms with Gasteiger partial charge in [-0.25, -0.2) is 0 Å². The average molecular weight is 255 g/mol. The maximum absolute atomic E-state index is 11.3. The van der Waals surface area contributed by atoms with Crippen LogP contribution in [0.15, 0.2) is 15.6 Å². The van der Waals surface area contributed by atoms with Gasteiger partial charge in [-0.1, -0.05) is 44.9 Å². The van der Waals surface area contributed by atoms with Gasteiger partial charge < -0.3 is 10.2 Å². The van der Waals surface area contributed by atoms with E-state index in [1.807, 2.05) is 12.3 Å². The zero-order valence-corrected chi connectivity index (χ0v) is 11.6. The van der Waals surface area contributed by atoms with E-state index in [1.54, 1.807) is 0 Å². The molecule has 1 heterocycles. The van der Waals surface area contributed by atoms with E-state index in [4.69, 9.17) is 10.2 Å². The summed E-state index contributed by atoms with van der Waals surface area (Å²) >= 11 is 1.49. The molecule has 2 N–H and O–H groups in total. The Morgan fingerprint density at radius 2 is 2.24 bits per heavy atom. The first-order chi connectivity index (χ1) is 8.10. The molecule has 0 aromatic carbocycles. The molecule has 0 aliphatic carbocycles. The van der Waals surface area contributed by atoms with Crippen LogP contribution in [0.25, 0.3) is 0 Å². The Morgan fingerprint density at radius 3 is 2.76 bits per heavy atom. The fraction of sp³-hybridized carbons (Fsp3) is 0.615. The summed E-state index contributed by atoms with van der Waals surface area (Å²) in [6.07, 6.45) is 6.60. The Bertz CT molecular complexity index is 373. The number of carbonyl (C=O) groups excluding carboxylic acids is 1. The van der Waals surface area contributed by atoms with Crippen LogP contribution in [0, 0.1) is 0 Å². The number of hydrogen-bond acceptors (Lipinski definition) is 3. The molecule has 0 fully saturated rings. The van der Waals surface area contributed by atoms with E-state index in [-0.39, 0.29) is 0 Å². The van der Waals surface area contributed by atoms with Gasteiger partial charge in [0.25, 0.3) is 5.91 Å². The normalized spacial score (nSPS) is 12.6. The summed E-state index contributed by atoms with van der Waals surface area (Å²) in [6, 6.07) is 1.95. The first kappa shape index (κ1) is 14.2. The zero-order valence-electron chi connectivity index (χ0n) is 10.8. The number of amides is 1. The van der Waals surface area contributed by atoms with Crippen LogP contribution in [-0.4, -0.2) is 12.2 Å². The van der Waals surface area contributed by atoms with Gasteiger partial charge in [0.1, 0.15) is 0 Å². The second-order valence-corrected chi connectivity index (χ2v) is 5.13. The molecule has 0 aliphatic heterocycles. The van der Waals surface area contributed by atoms with Gasteiger partial charge in [-0.3, -0.25) is 4.79 Å². The second kappa shape index (κ2) is 6.74. The summed E-state index contributed by atoms with van der Waals surface area (Å²) < 4.78 is 5.44. The Morgan fingerprint density at radius 1 is 1.53 bits per heavy atom. The molecule has 96 valence electrons. The van der Waals surface area contributed by atoms with Crippen molar-refractivity contribution in [2.75, 3.05) is 6.26 Å². The van der Waals surface area contributed by atoms with Crippen molar-refractivity contribution in [3.63, 3.8) is 0 Å². The number of furan rings is 1. The molecule has 3 nitrogen and oxygen atoms in total. The van der Waals surface area contributed by atoms with Gasteiger partial charge in [-0.05, 0) is 24.7 Å². The largest absolute Gasteiger partial charge is 0.444 e. The fourth-order valence-electron chi connectivity index (χ4n) is 1.90. The van der Waals surface area contributed by atoms with Crippen molar-refractivity contribution in [2.24, 2.45) is 5.73 Å². The molecule has 0 spiro atoms. The van der Waals surface area contributed by atoms with E-state index in [1.165, 1.54) is 31.0 Å². The molecular formula is C13H21NO2S. The van der Waals surface area contributed by atoms with Crippen molar-refractivity contribution in [1.29, 1.82) is 0 Å². The van der Waals surface area contributed by atoms with E-state index in [0.29, 0.717) is 11.7 Å². The molecule has 1 amide bonds. The molecule has 1 atom stereocenters. The van der Waals surface area contributed by atoms with Crippen molar-refractivity contribution in [3.05, 3.63) is 17.4 Å². The van der Waals surface area contributed by atoms with Crippen LogP contribution < -0.4 is 5.73 Å². The summed E-state index contributed by atoms with van der Waals surface area (Å²) in [5.74, 6) is 0.190. The Hall–Kier alpha value is -0.900. The Kier molecular flexibility index (Phi) is 5.62. The van der Waals surface area contributed by atoms with Crippen LogP contribution in [-0.2, 0) is 0 Å². The predicted molar refractivity (Wildman–Crippen MR) is 71.6 cm³/mol. The summed E-state index contributed by atoms with van der Waals surface area (Å²) in [6.45, 7) is 4.31. The lowest BCUT2D eigenvalue weighted by molar-refractivity contribution is 0.0967. The minimum absolute atomic E-state index is 0.327. The van der Waals surface area contributed by atoms with Gasteiger partial charge in [0.05, 0.1) is 0 Å². The summed E-state index contributed by atoms with van der Waals surface area (Å²) in [4.78, 5) is 11.3. The molecule has 0 aliphatic rings. The van der Waals surface area contributed by atoms with Crippen molar-refractivity contribution in [2.45, 2.75) is 50.5 Å². The predicted octanol–water partition coefficient (Wildman–Crippen LogP) is 3.78. The standard InChI is InChI=1S/C13H21NO2S/c1-4-5-6-7-9(2)10-8-11(17-3)16-12(10)13(14)15/h8-9H,4-7H2,1-3H3,(H2,14,15). The number of thioether (sulfide) groups is 1. The second-order valence-electron chi connectivity index (χ2n) is 4.32. The van der Waals surface area contributed by atoms with E-state index < -0.39 is 5.91 Å². The van der Waals surface area contributed by atoms with Crippen LogP contribution in [0.2, 0.25) is 0 Å². The van der Waals surface area contributed by atoms with Crippen LogP contribution in [0.1, 0.15) is 61.6 Å². The quantitative estimate of drug-likeness (QED) is 0.596. The van der Waals surface area contributed by atoms with Crippen LogP contribution in [0.4, 0.5) is 0 Å². The smallest absolute Gasteiger partial charge is 0.284 e. The molecule has 1 aromatic heterocycles. The lowest BCUT2D eigenvalue weighted by Gasteiger charge is -2.09. The Labute approximate surface area is 107 Å². The first-order valence-electron chi connectivity index (χ1n) is 6.07. The molecule has 4 heteroatoms.